The van der Waals surface area contributed by atoms with Crippen molar-refractivity contribution in [3.05, 3.63) is 72.9 Å². The van der Waals surface area contributed by atoms with E-state index in [2.05, 4.69) is 93.7 Å². The Morgan fingerprint density at radius 1 is 0.359 bits per heavy atom. The lowest BCUT2D eigenvalue weighted by Crippen LogP contribution is -2.30. The molecule has 1 atom stereocenters. The smallest absolute Gasteiger partial charge is 0.306 e. The van der Waals surface area contributed by atoms with Crippen LogP contribution in [0.5, 0.6) is 0 Å². The molecule has 0 fully saturated rings. The maximum absolute atomic E-state index is 12.8. The highest BCUT2D eigenvalue weighted by molar-refractivity contribution is 5.70. The average molecular weight is 893 g/mol. The van der Waals surface area contributed by atoms with Crippen LogP contribution in [0.2, 0.25) is 0 Å². The van der Waals surface area contributed by atoms with Crippen LogP contribution < -0.4 is 0 Å². The van der Waals surface area contributed by atoms with Crippen LogP contribution in [0, 0.1) is 0 Å². The summed E-state index contributed by atoms with van der Waals surface area (Å²) in [5.41, 5.74) is 0. The van der Waals surface area contributed by atoms with Crippen molar-refractivity contribution >= 4 is 11.9 Å². The molecule has 0 aromatic heterocycles. The van der Waals surface area contributed by atoms with E-state index in [1.807, 2.05) is 0 Å². The van der Waals surface area contributed by atoms with Crippen molar-refractivity contribution in [1.82, 2.24) is 0 Å². The Morgan fingerprint density at radius 2 is 0.703 bits per heavy atom. The first kappa shape index (κ1) is 61.3. The minimum absolute atomic E-state index is 0.0661. The van der Waals surface area contributed by atoms with Crippen molar-refractivity contribution in [3.8, 4) is 0 Å². The van der Waals surface area contributed by atoms with Crippen LogP contribution >= 0.6 is 0 Å². The molecule has 1 unspecified atom stereocenters. The second-order valence-electron chi connectivity index (χ2n) is 18.1. The monoisotopic (exact) mass is 893 g/mol. The van der Waals surface area contributed by atoms with Gasteiger partial charge in [-0.25, -0.2) is 0 Å². The Labute approximate surface area is 397 Å². The van der Waals surface area contributed by atoms with Crippen molar-refractivity contribution in [3.63, 3.8) is 0 Å². The summed E-state index contributed by atoms with van der Waals surface area (Å²) in [6, 6.07) is 0. The number of allylic oxidation sites excluding steroid dienone is 12. The maximum Gasteiger partial charge on any atom is 0.306 e. The molecule has 0 aliphatic rings. The van der Waals surface area contributed by atoms with Gasteiger partial charge in [0.05, 0.1) is 6.61 Å². The summed E-state index contributed by atoms with van der Waals surface area (Å²) >= 11 is 0. The van der Waals surface area contributed by atoms with Crippen molar-refractivity contribution in [2.45, 2.75) is 271 Å². The first-order chi connectivity index (χ1) is 31.6. The fourth-order valence-electron chi connectivity index (χ4n) is 7.65. The molecule has 0 aliphatic heterocycles. The van der Waals surface area contributed by atoms with Crippen molar-refractivity contribution < 1.29 is 23.8 Å². The van der Waals surface area contributed by atoms with E-state index in [1.54, 1.807) is 0 Å². The van der Waals surface area contributed by atoms with Crippen molar-refractivity contribution in [2.24, 2.45) is 0 Å². The molecule has 5 nitrogen and oxygen atoms in total. The number of hydrogen-bond acceptors (Lipinski definition) is 5. The second kappa shape index (κ2) is 54.7. The highest BCUT2D eigenvalue weighted by atomic mass is 16.6. The molecule has 0 saturated carbocycles. The standard InChI is InChI=1S/C59H104O5/c1-4-7-10-13-16-19-22-25-28-29-30-31-33-34-37-40-43-46-49-52-58(60)63-56-57(55-62-54-51-48-45-42-39-36-27-24-21-18-15-12-9-6-3)64-59(61)53-50-47-44-41-38-35-32-26-23-20-17-14-11-8-5-2/h7,10,16,19,21,24-25,28,30-31,34,37,57H,4-6,8-9,11-15,17-18,20,22-23,26-27,29,32-33,35-36,38-56H2,1-3H3/b10-7-,19-16-,24-21-,28-25-,31-30-,37-34-. The first-order valence-electron chi connectivity index (χ1n) is 27.5. The summed E-state index contributed by atoms with van der Waals surface area (Å²) in [6.45, 7) is 7.68. The Balaban J connectivity index is 4.32. The number of esters is 2. The molecule has 0 aliphatic carbocycles. The van der Waals surface area contributed by atoms with E-state index in [-0.39, 0.29) is 25.2 Å². The molecule has 5 heteroatoms. The van der Waals surface area contributed by atoms with Crippen LogP contribution in [-0.4, -0.2) is 37.9 Å². The minimum Gasteiger partial charge on any atom is -0.462 e. The number of ether oxygens (including phenoxy) is 3. The van der Waals surface area contributed by atoms with Crippen LogP contribution in [-0.2, 0) is 23.8 Å². The van der Waals surface area contributed by atoms with Crippen LogP contribution in [0.15, 0.2) is 72.9 Å². The quantitative estimate of drug-likeness (QED) is 0.0346. The maximum atomic E-state index is 12.8. The van der Waals surface area contributed by atoms with E-state index >= 15 is 0 Å². The summed E-state index contributed by atoms with van der Waals surface area (Å²) in [7, 11) is 0. The molecule has 0 aromatic rings. The van der Waals surface area contributed by atoms with Crippen LogP contribution in [0.25, 0.3) is 0 Å². The fourth-order valence-corrected chi connectivity index (χ4v) is 7.65. The predicted octanol–water partition coefficient (Wildman–Crippen LogP) is 18.7. The van der Waals surface area contributed by atoms with E-state index in [0.717, 1.165) is 83.5 Å². The van der Waals surface area contributed by atoms with Crippen molar-refractivity contribution in [1.29, 1.82) is 0 Å². The summed E-state index contributed by atoms with van der Waals surface area (Å²) in [5, 5.41) is 0. The predicted molar refractivity (Wildman–Crippen MR) is 279 cm³/mol. The summed E-state index contributed by atoms with van der Waals surface area (Å²) < 4.78 is 17.4. The third kappa shape index (κ3) is 52.0. The third-order valence-corrected chi connectivity index (χ3v) is 11.7. The lowest BCUT2D eigenvalue weighted by molar-refractivity contribution is -0.163. The topological polar surface area (TPSA) is 61.8 Å². The van der Waals surface area contributed by atoms with E-state index < -0.39 is 6.10 Å². The van der Waals surface area contributed by atoms with Gasteiger partial charge in [-0.3, -0.25) is 9.59 Å². The largest absolute Gasteiger partial charge is 0.462 e. The van der Waals surface area contributed by atoms with Gasteiger partial charge in [-0.1, -0.05) is 235 Å². The zero-order chi connectivity index (χ0) is 46.3. The molecule has 0 aromatic carbocycles. The number of carbonyl (C=O) groups is 2. The first-order valence-corrected chi connectivity index (χ1v) is 27.5. The average Bonchev–Trinajstić information content (AvgIpc) is 3.30. The molecule has 0 rings (SSSR count). The molecule has 0 heterocycles. The highest BCUT2D eigenvalue weighted by Gasteiger charge is 2.17. The molecular formula is C59H104O5. The summed E-state index contributed by atoms with van der Waals surface area (Å²) in [4.78, 5) is 25.5. The number of unbranched alkanes of at least 4 members (excludes halogenated alkanes) is 27. The Bertz CT molecular complexity index is 1150. The van der Waals surface area contributed by atoms with Gasteiger partial charge in [0.2, 0.25) is 0 Å². The SMILES string of the molecule is CC/C=C\C/C=C\C/C=C\C/C=C\C/C=C\CCCCCC(=O)OCC(COCCCCCCCC/C=C\CCCCCC)OC(=O)CCCCCCCCCCCCCCCCC. The van der Waals surface area contributed by atoms with Gasteiger partial charge in [0.1, 0.15) is 6.61 Å². The molecule has 370 valence electrons. The molecule has 0 spiro atoms. The summed E-state index contributed by atoms with van der Waals surface area (Å²) in [6.07, 6.45) is 70.5. The Hall–Kier alpha value is -2.66. The molecule has 0 bridgehead atoms. The lowest BCUT2D eigenvalue weighted by atomic mass is 10.0. The minimum atomic E-state index is -0.553. The highest BCUT2D eigenvalue weighted by Crippen LogP contribution is 2.15. The fraction of sp³-hybridized carbons (Fsp3) is 0.763. The number of rotatable bonds is 50. The van der Waals surface area contributed by atoms with Gasteiger partial charge in [-0.2, -0.15) is 0 Å². The molecule has 0 radical (unpaired) electrons. The van der Waals surface area contributed by atoms with Gasteiger partial charge in [0, 0.05) is 19.4 Å². The van der Waals surface area contributed by atoms with E-state index in [9.17, 15) is 9.59 Å². The van der Waals surface area contributed by atoms with Gasteiger partial charge in [0.25, 0.3) is 0 Å². The zero-order valence-electron chi connectivity index (χ0n) is 42.5. The van der Waals surface area contributed by atoms with Gasteiger partial charge in [-0.05, 0) is 89.9 Å². The van der Waals surface area contributed by atoms with Crippen LogP contribution in [0.1, 0.15) is 265 Å². The Morgan fingerprint density at radius 3 is 1.17 bits per heavy atom. The van der Waals surface area contributed by atoms with Crippen LogP contribution in [0.4, 0.5) is 0 Å². The number of carbonyl (C=O) groups excluding carboxylic acids is 2. The van der Waals surface area contributed by atoms with Crippen molar-refractivity contribution in [2.75, 3.05) is 19.8 Å². The lowest BCUT2D eigenvalue weighted by Gasteiger charge is -2.18. The van der Waals surface area contributed by atoms with E-state index in [0.29, 0.717) is 19.4 Å². The van der Waals surface area contributed by atoms with E-state index in [1.165, 1.54) is 148 Å². The van der Waals surface area contributed by atoms with Gasteiger partial charge >= 0.3 is 11.9 Å². The molecule has 0 amide bonds. The molecule has 0 N–H and O–H groups in total. The summed E-state index contributed by atoms with van der Waals surface area (Å²) in [5.74, 6) is -0.429. The molecule has 64 heavy (non-hydrogen) atoms. The number of hydrogen-bond donors (Lipinski definition) is 0. The van der Waals surface area contributed by atoms with Gasteiger partial charge < -0.3 is 14.2 Å². The van der Waals surface area contributed by atoms with E-state index in [4.69, 9.17) is 14.2 Å². The normalized spacial score (nSPS) is 12.7. The van der Waals surface area contributed by atoms with Crippen LogP contribution in [0.3, 0.4) is 0 Å². The van der Waals surface area contributed by atoms with Gasteiger partial charge in [-0.15, -0.1) is 0 Å². The Kier molecular flexibility index (Phi) is 52.4. The van der Waals surface area contributed by atoms with Gasteiger partial charge in [0.15, 0.2) is 6.10 Å². The zero-order valence-corrected chi connectivity index (χ0v) is 42.5. The third-order valence-electron chi connectivity index (χ3n) is 11.7. The molecule has 0 saturated heterocycles. The molecular weight excluding hydrogens is 789 g/mol. The second-order valence-corrected chi connectivity index (χ2v) is 18.1.